The van der Waals surface area contributed by atoms with Crippen LogP contribution in [0.25, 0.3) is 0 Å². The Morgan fingerprint density at radius 3 is 1.56 bits per heavy atom. The van der Waals surface area contributed by atoms with E-state index in [9.17, 15) is 14.4 Å². The third kappa shape index (κ3) is 7.29. The van der Waals surface area contributed by atoms with Gasteiger partial charge in [0.15, 0.2) is 0 Å². The minimum Gasteiger partial charge on any atom is -0.490 e. The van der Waals surface area contributed by atoms with Gasteiger partial charge in [0.25, 0.3) is 0 Å². The van der Waals surface area contributed by atoms with E-state index in [1.807, 2.05) is 13.8 Å². The Bertz CT molecular complexity index is 1020. The monoisotopic (exact) mass is 496 g/mol. The zero-order chi connectivity index (χ0) is 25.5. The Morgan fingerprint density at radius 1 is 0.778 bits per heavy atom. The van der Waals surface area contributed by atoms with Crippen LogP contribution in [0.15, 0.2) is 36.4 Å². The first-order valence-corrected chi connectivity index (χ1v) is 12.4. The summed E-state index contributed by atoms with van der Waals surface area (Å²) in [6.07, 6.45) is 2.19. The molecule has 2 amide bonds. The van der Waals surface area contributed by atoms with E-state index in [2.05, 4.69) is 10.6 Å². The molecule has 0 bridgehead atoms. The number of hydrogen-bond donors (Lipinski definition) is 2. The molecule has 2 aromatic rings. The lowest BCUT2D eigenvalue weighted by Gasteiger charge is -2.16. The number of carbonyl (C=O) groups is 3. The molecule has 2 N–H and O–H groups in total. The summed E-state index contributed by atoms with van der Waals surface area (Å²) < 4.78 is 22.3. The topological polar surface area (TPSA) is 119 Å². The van der Waals surface area contributed by atoms with Crippen molar-refractivity contribution in [2.75, 3.05) is 37.1 Å². The molecule has 2 atom stereocenters. The minimum absolute atomic E-state index is 0.00595. The quantitative estimate of drug-likeness (QED) is 0.300. The zero-order valence-corrected chi connectivity index (χ0v) is 20.6. The van der Waals surface area contributed by atoms with Crippen molar-refractivity contribution in [1.82, 2.24) is 0 Å². The van der Waals surface area contributed by atoms with Crippen molar-refractivity contribution in [2.24, 2.45) is 0 Å². The Kier molecular flexibility index (Phi) is 8.56. The predicted molar refractivity (Wildman–Crippen MR) is 134 cm³/mol. The largest absolute Gasteiger partial charge is 0.490 e. The molecule has 2 heterocycles. The molecule has 2 unspecified atom stereocenters. The molecule has 36 heavy (non-hydrogen) atoms. The van der Waals surface area contributed by atoms with E-state index in [4.69, 9.17) is 18.9 Å². The van der Waals surface area contributed by atoms with Crippen LogP contribution in [0.5, 0.6) is 11.5 Å². The lowest BCUT2D eigenvalue weighted by atomic mass is 10.00. The maximum atomic E-state index is 13.9. The van der Waals surface area contributed by atoms with Gasteiger partial charge in [-0.25, -0.2) is 0 Å². The Morgan fingerprint density at radius 2 is 1.19 bits per heavy atom. The van der Waals surface area contributed by atoms with Crippen molar-refractivity contribution >= 4 is 29.0 Å². The van der Waals surface area contributed by atoms with Gasteiger partial charge in [-0.3, -0.25) is 14.4 Å². The second-order valence-corrected chi connectivity index (χ2v) is 8.88. The number of hydrogen-bond acceptors (Lipinski definition) is 7. The van der Waals surface area contributed by atoms with E-state index in [0.717, 1.165) is 0 Å². The average molecular weight is 497 g/mol. The maximum Gasteiger partial charge on any atom is 0.224 e. The van der Waals surface area contributed by atoms with Gasteiger partial charge in [-0.05, 0) is 49.2 Å². The molecule has 2 aromatic carbocycles. The zero-order valence-electron chi connectivity index (χ0n) is 20.6. The molecule has 4 rings (SSSR count). The van der Waals surface area contributed by atoms with Gasteiger partial charge >= 0.3 is 0 Å². The fraction of sp³-hybridized carbons (Fsp3) is 0.444. The molecule has 0 saturated carbocycles. The van der Waals surface area contributed by atoms with Gasteiger partial charge < -0.3 is 29.6 Å². The van der Waals surface area contributed by atoms with E-state index >= 15 is 0 Å². The number of rotatable bonds is 14. The summed E-state index contributed by atoms with van der Waals surface area (Å²) in [5.74, 6) is 0.128. The van der Waals surface area contributed by atoms with E-state index in [1.165, 1.54) is 0 Å². The van der Waals surface area contributed by atoms with Crippen LogP contribution in [-0.2, 0) is 19.1 Å². The van der Waals surface area contributed by atoms with Gasteiger partial charge in [0.2, 0.25) is 17.6 Å². The summed E-state index contributed by atoms with van der Waals surface area (Å²) in [5, 5.41) is 5.66. The number of epoxide rings is 2. The van der Waals surface area contributed by atoms with Gasteiger partial charge in [0.05, 0.1) is 24.3 Å². The van der Waals surface area contributed by atoms with Crippen molar-refractivity contribution in [3.63, 3.8) is 0 Å². The number of anilines is 2. The highest BCUT2D eigenvalue weighted by Gasteiger charge is 2.27. The molecule has 2 aliphatic rings. The average Bonchev–Trinajstić information content (AvgIpc) is 3.77. The van der Waals surface area contributed by atoms with Crippen molar-refractivity contribution in [3.05, 3.63) is 47.5 Å². The normalized spacial score (nSPS) is 17.7. The lowest BCUT2D eigenvalue weighted by Crippen LogP contribution is -2.15. The van der Waals surface area contributed by atoms with E-state index < -0.39 is 0 Å². The van der Waals surface area contributed by atoms with Crippen LogP contribution in [0.1, 0.15) is 55.5 Å². The van der Waals surface area contributed by atoms with Gasteiger partial charge in [-0.15, -0.1) is 0 Å². The highest BCUT2D eigenvalue weighted by atomic mass is 16.6. The molecular formula is C27H32N2O7. The molecule has 0 aliphatic carbocycles. The number of nitrogens with one attached hydrogen (secondary N) is 2. The van der Waals surface area contributed by atoms with Gasteiger partial charge in [-0.1, -0.05) is 13.8 Å². The summed E-state index contributed by atoms with van der Waals surface area (Å²) in [6, 6.07) is 9.96. The van der Waals surface area contributed by atoms with E-state index in [0.29, 0.717) is 75.0 Å². The Hall–Kier alpha value is -3.43. The smallest absolute Gasteiger partial charge is 0.224 e. The first-order chi connectivity index (χ1) is 17.5. The molecule has 2 fully saturated rings. The first kappa shape index (κ1) is 25.7. The van der Waals surface area contributed by atoms with Crippen LogP contribution in [0.3, 0.4) is 0 Å². The fourth-order valence-electron chi connectivity index (χ4n) is 3.56. The fourth-order valence-corrected chi connectivity index (χ4v) is 3.56. The minimum atomic E-state index is -0.355. The third-order valence-electron chi connectivity index (χ3n) is 5.62. The second-order valence-electron chi connectivity index (χ2n) is 8.88. The molecular weight excluding hydrogens is 464 g/mol. The van der Waals surface area contributed by atoms with Crippen LogP contribution in [0, 0.1) is 0 Å². The standard InChI is InChI=1S/C27H32N2O7/c1-3-5-25(30)28-17-7-9-23(35-15-19-13-33-19)21(11-17)27(32)22-12-18(29-26(31)6-4-2)8-10-24(22)36-16-20-14-34-20/h7-12,19-20H,3-6,13-16H2,1-2H3,(H,28,30)(H,29,31). The van der Waals surface area contributed by atoms with Crippen LogP contribution in [0.2, 0.25) is 0 Å². The number of benzene rings is 2. The third-order valence-corrected chi connectivity index (χ3v) is 5.62. The lowest BCUT2D eigenvalue weighted by molar-refractivity contribution is -0.117. The molecule has 192 valence electrons. The van der Waals surface area contributed by atoms with Gasteiger partial charge in [0.1, 0.15) is 36.9 Å². The molecule has 2 saturated heterocycles. The molecule has 9 heteroatoms. The second kappa shape index (κ2) is 12.0. The molecule has 0 spiro atoms. The van der Waals surface area contributed by atoms with Crippen LogP contribution < -0.4 is 20.1 Å². The Balaban J connectivity index is 1.66. The summed E-state index contributed by atoms with van der Waals surface area (Å²) in [6.45, 7) is 5.72. The summed E-state index contributed by atoms with van der Waals surface area (Å²) >= 11 is 0. The molecule has 9 nitrogen and oxygen atoms in total. The van der Waals surface area contributed by atoms with Crippen molar-refractivity contribution < 1.29 is 33.3 Å². The maximum absolute atomic E-state index is 13.9. The van der Waals surface area contributed by atoms with Gasteiger partial charge in [0, 0.05) is 24.2 Å². The van der Waals surface area contributed by atoms with Crippen LogP contribution >= 0.6 is 0 Å². The van der Waals surface area contributed by atoms with Gasteiger partial charge in [-0.2, -0.15) is 0 Å². The van der Waals surface area contributed by atoms with Crippen molar-refractivity contribution in [3.8, 4) is 11.5 Å². The van der Waals surface area contributed by atoms with Crippen LogP contribution in [0.4, 0.5) is 11.4 Å². The Labute approximate surface area is 210 Å². The van der Waals surface area contributed by atoms with E-state index in [1.54, 1.807) is 36.4 Å². The number of ether oxygens (including phenoxy) is 4. The summed E-state index contributed by atoms with van der Waals surface area (Å²) in [4.78, 5) is 38.2. The number of amides is 2. The molecule has 2 aliphatic heterocycles. The highest BCUT2D eigenvalue weighted by molar-refractivity contribution is 6.13. The van der Waals surface area contributed by atoms with E-state index in [-0.39, 0.29) is 40.9 Å². The number of carbonyl (C=O) groups excluding carboxylic acids is 3. The first-order valence-electron chi connectivity index (χ1n) is 12.4. The summed E-state index contributed by atoms with van der Waals surface area (Å²) in [5.41, 5.74) is 1.53. The van der Waals surface area contributed by atoms with Crippen molar-refractivity contribution in [2.45, 2.75) is 51.7 Å². The molecule has 0 radical (unpaired) electrons. The number of ketones is 1. The SMILES string of the molecule is CCCC(=O)Nc1ccc(OCC2CO2)c(C(=O)c2cc(NC(=O)CCC)ccc2OCC2CO2)c1. The summed E-state index contributed by atoms with van der Waals surface area (Å²) in [7, 11) is 0. The van der Waals surface area contributed by atoms with Crippen molar-refractivity contribution in [1.29, 1.82) is 0 Å². The van der Waals surface area contributed by atoms with Crippen LogP contribution in [-0.4, -0.2) is 56.2 Å². The predicted octanol–water partition coefficient (Wildman–Crippen LogP) is 3.95. The highest BCUT2D eigenvalue weighted by Crippen LogP contribution is 2.32. The molecule has 0 aromatic heterocycles.